The van der Waals surface area contributed by atoms with Gasteiger partial charge in [0.2, 0.25) is 0 Å². The molecule has 0 aliphatic heterocycles. The van der Waals surface area contributed by atoms with Gasteiger partial charge in [0.15, 0.2) is 0 Å². The van der Waals surface area contributed by atoms with Crippen molar-refractivity contribution in [1.29, 1.82) is 0 Å². The van der Waals surface area contributed by atoms with E-state index in [-0.39, 0.29) is 94.4 Å². The molecular formula is C93H48F16N4O2. The maximum absolute atomic E-state index is 17.0. The summed E-state index contributed by atoms with van der Waals surface area (Å²) in [6.45, 7) is 0. The van der Waals surface area contributed by atoms with Gasteiger partial charge in [0.25, 0.3) is 0 Å². The Bertz CT molecular complexity index is 6720. The highest BCUT2D eigenvalue weighted by Crippen LogP contribution is 2.50. The molecule has 0 saturated heterocycles. The number of carbonyl (C=O) groups is 1. The van der Waals surface area contributed by atoms with Gasteiger partial charge < -0.3 is 25.0 Å². The third-order valence-corrected chi connectivity index (χ3v) is 19.8. The average Bonchev–Trinajstić information content (AvgIpc) is 1.55. The number of H-pyrrole nitrogens is 4. The number of aromatic amines is 4. The highest BCUT2D eigenvalue weighted by atomic mass is 19.2. The Morgan fingerprint density at radius 3 is 0.530 bits per heavy atom. The molecule has 17 rings (SSSR count). The molecule has 6 nitrogen and oxygen atoms in total. The van der Waals surface area contributed by atoms with Crippen LogP contribution in [0.15, 0.2) is 261 Å². The molecule has 1 aliphatic carbocycles. The van der Waals surface area contributed by atoms with E-state index in [1.54, 1.807) is 18.2 Å². The number of benzene rings is 12. The van der Waals surface area contributed by atoms with Crippen molar-refractivity contribution in [3.8, 4) is 89.0 Å². The van der Waals surface area contributed by atoms with Crippen LogP contribution in [-0.2, 0) is 0 Å². The van der Waals surface area contributed by atoms with Crippen molar-refractivity contribution in [1.82, 2.24) is 19.9 Å². The summed E-state index contributed by atoms with van der Waals surface area (Å²) in [6, 6.07) is 45.0. The van der Waals surface area contributed by atoms with Crippen molar-refractivity contribution in [2.45, 2.75) is 0 Å². The topological polar surface area (TPSA) is 100 Å². The number of hydrogen-bond donors (Lipinski definition) is 5. The van der Waals surface area contributed by atoms with Crippen LogP contribution >= 0.6 is 0 Å². The van der Waals surface area contributed by atoms with E-state index in [2.05, 4.69) is 19.9 Å². The van der Waals surface area contributed by atoms with Gasteiger partial charge in [0, 0.05) is 115 Å². The predicted molar refractivity (Wildman–Crippen MR) is 404 cm³/mol. The minimum atomic E-state index is -1.49. The minimum absolute atomic E-state index is 0.00661. The second-order valence-corrected chi connectivity index (χ2v) is 27.2. The zero-order valence-corrected chi connectivity index (χ0v) is 58.7. The summed E-state index contributed by atoms with van der Waals surface area (Å²) >= 11 is 0. The molecule has 0 unspecified atom stereocenters. The van der Waals surface area contributed by atoms with Gasteiger partial charge in [0.05, 0.1) is 49.7 Å². The molecule has 1 aliphatic rings. The van der Waals surface area contributed by atoms with Crippen molar-refractivity contribution in [2.75, 3.05) is 0 Å². The number of aromatic carboxylic acids is 1. The van der Waals surface area contributed by atoms with Gasteiger partial charge in [0.1, 0.15) is 93.1 Å². The van der Waals surface area contributed by atoms with Crippen molar-refractivity contribution in [3.63, 3.8) is 0 Å². The summed E-state index contributed by atoms with van der Waals surface area (Å²) in [6.07, 6.45) is 0. The highest BCUT2D eigenvalue weighted by molar-refractivity contribution is 6.07. The average molecular weight is 1560 g/mol. The van der Waals surface area contributed by atoms with Gasteiger partial charge >= 0.3 is 5.97 Å². The Morgan fingerprint density at radius 2 is 0.357 bits per heavy atom. The molecule has 0 fully saturated rings. The number of rotatable bonds is 13. The van der Waals surface area contributed by atoms with E-state index in [1.807, 2.05) is 0 Å². The number of carboxylic acids is 1. The summed E-state index contributed by atoms with van der Waals surface area (Å²) in [5, 5.41) is 9.06. The predicted octanol–water partition coefficient (Wildman–Crippen LogP) is 21.6. The lowest BCUT2D eigenvalue weighted by Crippen LogP contribution is -2.21. The molecule has 0 spiro atoms. The first-order chi connectivity index (χ1) is 55.3. The fraction of sp³-hybridized carbons (Fsp3) is 0. The number of nitrogens with one attached hydrogen (secondary N) is 4. The zero-order chi connectivity index (χ0) is 80.1. The zero-order valence-electron chi connectivity index (χ0n) is 58.7. The van der Waals surface area contributed by atoms with Crippen molar-refractivity contribution in [2.24, 2.45) is 0 Å². The van der Waals surface area contributed by atoms with E-state index in [0.717, 1.165) is 109 Å². The van der Waals surface area contributed by atoms with Crippen molar-refractivity contribution in [3.05, 3.63) is 426 Å². The summed E-state index contributed by atoms with van der Waals surface area (Å²) in [7, 11) is 0. The van der Waals surface area contributed by atoms with E-state index in [4.69, 9.17) is 0 Å². The van der Waals surface area contributed by atoms with Crippen LogP contribution in [0.2, 0.25) is 0 Å². The molecule has 0 radical (unpaired) electrons. The molecule has 12 aromatic carbocycles. The lowest BCUT2D eigenvalue weighted by atomic mass is 9.86. The smallest absolute Gasteiger partial charge is 0.335 e. The Kier molecular flexibility index (Phi) is 18.5. The first kappa shape index (κ1) is 73.4. The summed E-state index contributed by atoms with van der Waals surface area (Å²) < 4.78 is 271. The summed E-state index contributed by atoms with van der Waals surface area (Å²) in [5.41, 5.74) is -10.3. The third-order valence-electron chi connectivity index (χ3n) is 19.8. The molecule has 4 heterocycles. The quantitative estimate of drug-likeness (QED) is 0.0743. The molecule has 0 atom stereocenters. The van der Waals surface area contributed by atoms with E-state index in [0.29, 0.717) is 48.5 Å². The lowest BCUT2D eigenvalue weighted by Gasteiger charge is -2.15. The number of hydrogen-bond acceptors (Lipinski definition) is 1. The van der Waals surface area contributed by atoms with E-state index >= 15 is 70.2 Å². The lowest BCUT2D eigenvalue weighted by molar-refractivity contribution is 0.0696. The molecule has 0 amide bonds. The summed E-state index contributed by atoms with van der Waals surface area (Å²) in [4.78, 5) is 27.0. The van der Waals surface area contributed by atoms with Crippen LogP contribution in [0, 0.1) is 93.1 Å². The van der Waals surface area contributed by atoms with Crippen LogP contribution in [0.25, 0.3) is 111 Å². The molecule has 115 heavy (non-hydrogen) atoms. The van der Waals surface area contributed by atoms with Gasteiger partial charge in [-0.05, 0) is 176 Å². The van der Waals surface area contributed by atoms with Gasteiger partial charge in [-0.25, -0.2) is 75.0 Å². The normalized spacial score (nSPS) is 12.2. The fourth-order valence-electron chi connectivity index (χ4n) is 15.6. The maximum atomic E-state index is 17.0. The second-order valence-electron chi connectivity index (χ2n) is 27.2. The standard InChI is InChI=1S/C93H48F16N4O2/c94-57-20-49(21-58(95)36-57)73-75(51-24-61(98)38-62(99)25-51)87-82(45-12-6-2-7-13-45)89-77(53-28-65(102)40-66(103)29-53)79(55-32-69(106)42-70(107)33-55)91(112-89)84(47-16-18-48(19-17-47)93(114)115)92-80(56-34-71(108)43-72(109)35-56)78(54-30-67(104)41-68(105)31-54)90(113-92)83(46-14-8-3-9-15-46)88-76(52-26-63(100)39-64(101)27-52)74(50-22-59(96)37-60(97)23-50)86(111-88)81(85(73)110-87)44-10-4-1-5-11-44/h1-43,110-113H,(H,114,115). The van der Waals surface area contributed by atoms with Crippen LogP contribution in [0.4, 0.5) is 70.2 Å². The number of halogens is 16. The summed E-state index contributed by atoms with van der Waals surface area (Å²) in [5.74, 6) is -21.8. The van der Waals surface area contributed by atoms with Crippen molar-refractivity contribution >= 4 is 28.3 Å². The first-order valence-electron chi connectivity index (χ1n) is 35.1. The second kappa shape index (κ2) is 29.0. The van der Waals surface area contributed by atoms with Crippen LogP contribution < -0.4 is 21.4 Å². The van der Waals surface area contributed by atoms with Crippen LogP contribution in [0.3, 0.4) is 0 Å². The van der Waals surface area contributed by atoms with E-state index < -0.39 is 188 Å². The molecular weight excluding hydrogens is 1510 g/mol. The Balaban J connectivity index is 1.32. The number of aromatic nitrogens is 4. The molecule has 8 bridgehead atoms. The monoisotopic (exact) mass is 1560 g/mol. The molecule has 22 heteroatoms. The molecule has 0 saturated carbocycles. The molecule has 16 aromatic rings. The largest absolute Gasteiger partial charge is 0.478 e. The van der Waals surface area contributed by atoms with Gasteiger partial charge in [-0.1, -0.05) is 103 Å². The van der Waals surface area contributed by atoms with Crippen LogP contribution in [0.5, 0.6) is 0 Å². The molecule has 4 aromatic heterocycles. The van der Waals surface area contributed by atoms with Gasteiger partial charge in [-0.3, -0.25) is 0 Å². The Morgan fingerprint density at radius 1 is 0.191 bits per heavy atom. The van der Waals surface area contributed by atoms with E-state index in [9.17, 15) is 9.90 Å². The van der Waals surface area contributed by atoms with Crippen LogP contribution in [0.1, 0.15) is 55.4 Å². The highest BCUT2D eigenvalue weighted by Gasteiger charge is 2.36. The molecule has 564 valence electrons. The number of carboxylic acid groups (broad SMARTS) is 1. The SMILES string of the molecule is O=C(O)c1ccc(C2=c3[nH]c(c(-c4cc(F)cc(F)c4)c3-c3cc(F)cc(F)c3)=C(c3ccccc3)c3[nH]c(c(-c4cc(F)cc(F)c4)c3-c3cc(F)cc(F)c3)C(c3ccccc3)=c3[nH]c(c(-c4cc(F)cc(F)c4)c3-c3cc(F)cc(F)c3)=C(c3ccccc3)c3[nH]c2c(-c2cc(F)cc(F)c2)c3-c2cc(F)cc(F)c2)cc1. The van der Waals surface area contributed by atoms with Crippen LogP contribution in [-0.4, -0.2) is 31.0 Å². The van der Waals surface area contributed by atoms with Gasteiger partial charge in [-0.2, -0.15) is 0 Å². The Hall–Kier alpha value is -14.4. The number of fused-ring (bicyclic) bond motifs is 12. The molecule has 5 N–H and O–H groups in total. The Labute approximate surface area is 640 Å². The maximum Gasteiger partial charge on any atom is 0.335 e. The van der Waals surface area contributed by atoms with Crippen molar-refractivity contribution < 1.29 is 80.1 Å². The fourth-order valence-corrected chi connectivity index (χ4v) is 15.6. The first-order valence-corrected chi connectivity index (χ1v) is 35.1. The third kappa shape index (κ3) is 13.7. The minimum Gasteiger partial charge on any atom is -0.478 e. The van der Waals surface area contributed by atoms with Gasteiger partial charge in [-0.15, -0.1) is 0 Å². The van der Waals surface area contributed by atoms with E-state index in [1.165, 1.54) is 84.9 Å².